The van der Waals surface area contributed by atoms with Crippen molar-refractivity contribution in [2.45, 2.75) is 58.4 Å². The Morgan fingerprint density at radius 3 is 2.44 bits per heavy atom. The maximum absolute atomic E-state index is 6.20. The fourth-order valence-corrected chi connectivity index (χ4v) is 1.93. The van der Waals surface area contributed by atoms with Gasteiger partial charge in [0.2, 0.25) is 0 Å². The molecule has 0 radical (unpaired) electrons. The van der Waals surface area contributed by atoms with Crippen molar-refractivity contribution in [3.63, 3.8) is 0 Å². The summed E-state index contributed by atoms with van der Waals surface area (Å²) < 4.78 is 0. The standard InChI is InChI=1S/C15H25N/c1-4-5-6-10-15(16)14-9-7-8-13(11-14)12(2)3/h7-9,11-12,15H,4-6,10,16H2,1-3H3/t15-/m0/s1. The van der Waals surface area contributed by atoms with Crippen molar-refractivity contribution in [1.29, 1.82) is 0 Å². The molecule has 0 heterocycles. The molecule has 1 aromatic carbocycles. The lowest BCUT2D eigenvalue weighted by atomic mass is 9.95. The van der Waals surface area contributed by atoms with Gasteiger partial charge in [0, 0.05) is 6.04 Å². The molecule has 90 valence electrons. The quantitative estimate of drug-likeness (QED) is 0.705. The molecule has 1 aromatic rings. The van der Waals surface area contributed by atoms with Gasteiger partial charge in [0.15, 0.2) is 0 Å². The van der Waals surface area contributed by atoms with Crippen LogP contribution in [-0.4, -0.2) is 0 Å². The van der Waals surface area contributed by atoms with E-state index < -0.39 is 0 Å². The van der Waals surface area contributed by atoms with Gasteiger partial charge in [0.25, 0.3) is 0 Å². The highest BCUT2D eigenvalue weighted by molar-refractivity contribution is 5.27. The summed E-state index contributed by atoms with van der Waals surface area (Å²) in [6.07, 6.45) is 4.90. The third-order valence-electron chi connectivity index (χ3n) is 3.12. The molecule has 0 fully saturated rings. The second-order valence-electron chi connectivity index (χ2n) is 4.93. The van der Waals surface area contributed by atoms with Crippen LogP contribution >= 0.6 is 0 Å². The fourth-order valence-electron chi connectivity index (χ4n) is 1.93. The minimum atomic E-state index is 0.213. The van der Waals surface area contributed by atoms with Crippen LogP contribution < -0.4 is 5.73 Å². The average Bonchev–Trinajstić information content (AvgIpc) is 2.29. The zero-order chi connectivity index (χ0) is 12.0. The highest BCUT2D eigenvalue weighted by Gasteiger charge is 2.07. The summed E-state index contributed by atoms with van der Waals surface area (Å²) in [4.78, 5) is 0. The molecule has 1 heteroatoms. The van der Waals surface area contributed by atoms with Crippen molar-refractivity contribution in [2.24, 2.45) is 5.73 Å². The maximum atomic E-state index is 6.20. The van der Waals surface area contributed by atoms with E-state index in [4.69, 9.17) is 5.73 Å². The van der Waals surface area contributed by atoms with Crippen LogP contribution in [0.25, 0.3) is 0 Å². The molecule has 0 aliphatic carbocycles. The molecule has 1 rings (SSSR count). The van der Waals surface area contributed by atoms with E-state index >= 15 is 0 Å². The lowest BCUT2D eigenvalue weighted by Crippen LogP contribution is -2.10. The molecule has 1 nitrogen and oxygen atoms in total. The van der Waals surface area contributed by atoms with Gasteiger partial charge in [-0.3, -0.25) is 0 Å². The van der Waals surface area contributed by atoms with Gasteiger partial charge in [-0.2, -0.15) is 0 Å². The third kappa shape index (κ3) is 3.97. The van der Waals surface area contributed by atoms with Gasteiger partial charge in [0.1, 0.15) is 0 Å². The first kappa shape index (κ1) is 13.2. The summed E-state index contributed by atoms with van der Waals surface area (Å²) in [5.41, 5.74) is 8.89. The Bertz CT molecular complexity index is 304. The van der Waals surface area contributed by atoms with E-state index in [9.17, 15) is 0 Å². The van der Waals surface area contributed by atoms with Gasteiger partial charge in [-0.15, -0.1) is 0 Å². The van der Waals surface area contributed by atoms with Crippen molar-refractivity contribution < 1.29 is 0 Å². The minimum Gasteiger partial charge on any atom is -0.324 e. The number of unbranched alkanes of at least 4 members (excludes halogenated alkanes) is 2. The van der Waals surface area contributed by atoms with Crippen LogP contribution in [0.4, 0.5) is 0 Å². The minimum absolute atomic E-state index is 0.213. The van der Waals surface area contributed by atoms with Crippen LogP contribution in [0, 0.1) is 0 Å². The van der Waals surface area contributed by atoms with Gasteiger partial charge < -0.3 is 5.73 Å². The fraction of sp³-hybridized carbons (Fsp3) is 0.600. The molecule has 0 spiro atoms. The monoisotopic (exact) mass is 219 g/mol. The van der Waals surface area contributed by atoms with Gasteiger partial charge in [-0.25, -0.2) is 0 Å². The third-order valence-corrected chi connectivity index (χ3v) is 3.12. The van der Waals surface area contributed by atoms with Gasteiger partial charge in [-0.05, 0) is 23.5 Å². The van der Waals surface area contributed by atoms with Crippen molar-refractivity contribution in [1.82, 2.24) is 0 Å². The number of hydrogen-bond acceptors (Lipinski definition) is 1. The summed E-state index contributed by atoms with van der Waals surface area (Å²) in [7, 11) is 0. The van der Waals surface area contributed by atoms with E-state index in [1.54, 1.807) is 0 Å². The number of nitrogens with two attached hydrogens (primary N) is 1. The topological polar surface area (TPSA) is 26.0 Å². The molecular formula is C15H25N. The number of hydrogen-bond donors (Lipinski definition) is 1. The molecule has 0 unspecified atom stereocenters. The maximum Gasteiger partial charge on any atom is 0.0294 e. The van der Waals surface area contributed by atoms with Crippen LogP contribution in [-0.2, 0) is 0 Å². The Labute approximate surface area is 100 Å². The van der Waals surface area contributed by atoms with E-state index in [0.717, 1.165) is 6.42 Å². The van der Waals surface area contributed by atoms with E-state index in [1.807, 2.05) is 0 Å². The smallest absolute Gasteiger partial charge is 0.0294 e. The molecule has 0 aliphatic heterocycles. The zero-order valence-electron chi connectivity index (χ0n) is 10.9. The largest absolute Gasteiger partial charge is 0.324 e. The Hall–Kier alpha value is -0.820. The molecule has 16 heavy (non-hydrogen) atoms. The molecule has 0 aromatic heterocycles. The second kappa shape index (κ2) is 6.70. The van der Waals surface area contributed by atoms with Crippen molar-refractivity contribution >= 4 is 0 Å². The van der Waals surface area contributed by atoms with Crippen LogP contribution in [0.3, 0.4) is 0 Å². The van der Waals surface area contributed by atoms with Crippen molar-refractivity contribution in [2.75, 3.05) is 0 Å². The van der Waals surface area contributed by atoms with E-state index in [-0.39, 0.29) is 6.04 Å². The molecule has 0 amide bonds. The lowest BCUT2D eigenvalue weighted by molar-refractivity contribution is 0.580. The summed E-state index contributed by atoms with van der Waals surface area (Å²) in [5, 5.41) is 0. The number of benzene rings is 1. The lowest BCUT2D eigenvalue weighted by Gasteiger charge is -2.14. The Morgan fingerprint density at radius 1 is 1.12 bits per heavy atom. The van der Waals surface area contributed by atoms with Gasteiger partial charge in [0.05, 0.1) is 0 Å². The summed E-state index contributed by atoms with van der Waals surface area (Å²) >= 11 is 0. The highest BCUT2D eigenvalue weighted by Crippen LogP contribution is 2.22. The Balaban J connectivity index is 2.60. The summed E-state index contributed by atoms with van der Waals surface area (Å²) in [6.45, 7) is 6.67. The molecular weight excluding hydrogens is 194 g/mol. The molecule has 0 saturated carbocycles. The van der Waals surface area contributed by atoms with Crippen LogP contribution in [0.1, 0.15) is 69.5 Å². The van der Waals surface area contributed by atoms with E-state index in [2.05, 4.69) is 45.0 Å². The molecule has 1 atom stereocenters. The Kier molecular flexibility index (Phi) is 5.54. The van der Waals surface area contributed by atoms with Gasteiger partial charge in [-0.1, -0.05) is 64.3 Å². The van der Waals surface area contributed by atoms with Crippen LogP contribution in [0.15, 0.2) is 24.3 Å². The second-order valence-corrected chi connectivity index (χ2v) is 4.93. The first-order valence-electron chi connectivity index (χ1n) is 6.50. The van der Waals surface area contributed by atoms with Crippen LogP contribution in [0.2, 0.25) is 0 Å². The first-order valence-corrected chi connectivity index (χ1v) is 6.50. The predicted molar refractivity (Wildman–Crippen MR) is 71.6 cm³/mol. The number of rotatable bonds is 6. The summed E-state index contributed by atoms with van der Waals surface area (Å²) in [5.74, 6) is 0.586. The first-order chi connectivity index (χ1) is 7.65. The van der Waals surface area contributed by atoms with Crippen LogP contribution in [0.5, 0.6) is 0 Å². The van der Waals surface area contributed by atoms with Crippen molar-refractivity contribution in [3.8, 4) is 0 Å². The highest BCUT2D eigenvalue weighted by atomic mass is 14.6. The summed E-state index contributed by atoms with van der Waals surface area (Å²) in [6, 6.07) is 8.95. The zero-order valence-corrected chi connectivity index (χ0v) is 10.9. The van der Waals surface area contributed by atoms with E-state index in [1.165, 1.54) is 30.4 Å². The molecule has 2 N–H and O–H groups in total. The normalized spacial score (nSPS) is 13.1. The van der Waals surface area contributed by atoms with Crippen molar-refractivity contribution in [3.05, 3.63) is 35.4 Å². The average molecular weight is 219 g/mol. The molecule has 0 aliphatic rings. The molecule has 0 saturated heterocycles. The molecule has 0 bridgehead atoms. The Morgan fingerprint density at radius 2 is 1.81 bits per heavy atom. The SMILES string of the molecule is CCCCC[C@H](N)c1cccc(C(C)C)c1. The van der Waals surface area contributed by atoms with Gasteiger partial charge >= 0.3 is 0 Å². The van der Waals surface area contributed by atoms with E-state index in [0.29, 0.717) is 5.92 Å². The predicted octanol–water partition coefficient (Wildman–Crippen LogP) is 4.39.